The fraction of sp³-hybridized carbons (Fsp3) is 0.0714. The van der Waals surface area contributed by atoms with Crippen molar-refractivity contribution in [2.75, 3.05) is 6.26 Å². The summed E-state index contributed by atoms with van der Waals surface area (Å²) in [4.78, 5) is 4.63. The van der Waals surface area contributed by atoms with Crippen LogP contribution in [-0.4, -0.2) is 11.3 Å². The van der Waals surface area contributed by atoms with E-state index in [2.05, 4.69) is 23.4 Å². The normalized spacial score (nSPS) is 11.4. The van der Waals surface area contributed by atoms with Crippen molar-refractivity contribution in [1.82, 2.24) is 0 Å². The van der Waals surface area contributed by atoms with Crippen LogP contribution in [0.2, 0.25) is 0 Å². The molecule has 2 aromatic rings. The monoisotopic (exact) mass is 227 g/mol. The highest BCUT2D eigenvalue weighted by atomic mass is 32.2. The van der Waals surface area contributed by atoms with Crippen molar-refractivity contribution in [3.63, 3.8) is 0 Å². The van der Waals surface area contributed by atoms with Gasteiger partial charge in [0.15, 0.2) is 0 Å². The van der Waals surface area contributed by atoms with Gasteiger partial charge in [-0.1, -0.05) is 48.5 Å². The third kappa shape index (κ3) is 2.74. The molecule has 0 heterocycles. The molecule has 0 unspecified atom stereocenters. The van der Waals surface area contributed by atoms with Crippen molar-refractivity contribution >= 4 is 22.5 Å². The molecular formula is C14H13NS. The molecule has 1 nitrogen and oxygen atoms in total. The number of aliphatic imine (C=N–C) groups is 1. The Labute approximate surface area is 100 Å². The minimum Gasteiger partial charge on any atom is -0.241 e. The van der Waals surface area contributed by atoms with Gasteiger partial charge in [-0.05, 0) is 18.4 Å². The van der Waals surface area contributed by atoms with Gasteiger partial charge in [0.05, 0.1) is 5.69 Å². The van der Waals surface area contributed by atoms with Crippen LogP contribution in [0.5, 0.6) is 0 Å². The Bertz CT molecular complexity index is 463. The van der Waals surface area contributed by atoms with Gasteiger partial charge in [-0.2, -0.15) is 0 Å². The smallest absolute Gasteiger partial charge is 0.104 e. The summed E-state index contributed by atoms with van der Waals surface area (Å²) in [5, 5.41) is 1.05. The van der Waals surface area contributed by atoms with Crippen LogP contribution in [0.25, 0.3) is 0 Å². The molecule has 0 bridgehead atoms. The maximum Gasteiger partial charge on any atom is 0.104 e. The predicted octanol–water partition coefficient (Wildman–Crippen LogP) is 4.13. The maximum absolute atomic E-state index is 4.63. The molecule has 0 atom stereocenters. The zero-order valence-corrected chi connectivity index (χ0v) is 9.95. The van der Waals surface area contributed by atoms with Crippen LogP contribution in [0.15, 0.2) is 65.7 Å². The molecule has 0 fully saturated rings. The van der Waals surface area contributed by atoms with Gasteiger partial charge in [0, 0.05) is 5.56 Å². The predicted molar refractivity (Wildman–Crippen MR) is 72.6 cm³/mol. The van der Waals surface area contributed by atoms with Gasteiger partial charge in [0.1, 0.15) is 5.04 Å². The Hall–Kier alpha value is -1.54. The number of para-hydroxylation sites is 1. The van der Waals surface area contributed by atoms with Crippen molar-refractivity contribution in [2.24, 2.45) is 4.99 Å². The number of nitrogens with zero attached hydrogens (tertiary/aromatic N) is 1. The summed E-state index contributed by atoms with van der Waals surface area (Å²) in [5.41, 5.74) is 2.16. The first kappa shape index (κ1) is 11.0. The number of hydrogen-bond acceptors (Lipinski definition) is 2. The molecule has 0 aromatic heterocycles. The van der Waals surface area contributed by atoms with Gasteiger partial charge in [-0.3, -0.25) is 0 Å². The lowest BCUT2D eigenvalue weighted by molar-refractivity contribution is 1.52. The standard InChI is InChI=1S/C14H13NS/c1-16-14(12-8-4-2-5-9-12)15-13-10-6-3-7-11-13/h2-11H,1H3. The van der Waals surface area contributed by atoms with Crippen molar-refractivity contribution < 1.29 is 0 Å². The quantitative estimate of drug-likeness (QED) is 0.555. The molecule has 0 aliphatic rings. The van der Waals surface area contributed by atoms with E-state index in [-0.39, 0.29) is 0 Å². The summed E-state index contributed by atoms with van der Waals surface area (Å²) in [6, 6.07) is 20.3. The second-order valence-corrected chi connectivity index (χ2v) is 4.12. The SMILES string of the molecule is CSC(=Nc1ccccc1)c1ccccc1. The molecule has 0 amide bonds. The first-order chi connectivity index (χ1) is 7.90. The average molecular weight is 227 g/mol. The topological polar surface area (TPSA) is 12.4 Å². The number of thioether (sulfide) groups is 1. The van der Waals surface area contributed by atoms with Crippen molar-refractivity contribution in [2.45, 2.75) is 0 Å². The maximum atomic E-state index is 4.63. The molecule has 80 valence electrons. The summed E-state index contributed by atoms with van der Waals surface area (Å²) in [6.07, 6.45) is 2.05. The molecule has 0 aliphatic carbocycles. The third-order valence-electron chi connectivity index (χ3n) is 2.20. The summed E-state index contributed by atoms with van der Waals surface area (Å²) >= 11 is 1.67. The van der Waals surface area contributed by atoms with E-state index in [0.717, 1.165) is 10.7 Å². The highest BCUT2D eigenvalue weighted by Gasteiger charge is 2.00. The highest BCUT2D eigenvalue weighted by molar-refractivity contribution is 8.13. The van der Waals surface area contributed by atoms with Crippen LogP contribution in [0.4, 0.5) is 5.69 Å². The average Bonchev–Trinajstić information content (AvgIpc) is 2.38. The van der Waals surface area contributed by atoms with Crippen molar-refractivity contribution in [3.05, 3.63) is 66.2 Å². The summed E-state index contributed by atoms with van der Waals surface area (Å²) in [6.45, 7) is 0. The van der Waals surface area contributed by atoms with Crippen LogP contribution in [0.3, 0.4) is 0 Å². The fourth-order valence-corrected chi connectivity index (χ4v) is 2.00. The van der Waals surface area contributed by atoms with E-state index in [4.69, 9.17) is 0 Å². The summed E-state index contributed by atoms with van der Waals surface area (Å²) in [7, 11) is 0. The molecule has 0 radical (unpaired) electrons. The van der Waals surface area contributed by atoms with Gasteiger partial charge in [0.25, 0.3) is 0 Å². The van der Waals surface area contributed by atoms with Crippen LogP contribution >= 0.6 is 11.8 Å². The number of benzene rings is 2. The number of hydrogen-bond donors (Lipinski definition) is 0. The second-order valence-electron chi connectivity index (χ2n) is 3.32. The lowest BCUT2D eigenvalue weighted by atomic mass is 10.2. The van der Waals surface area contributed by atoms with E-state index in [1.807, 2.05) is 48.5 Å². The van der Waals surface area contributed by atoms with E-state index in [9.17, 15) is 0 Å². The molecule has 0 saturated carbocycles. The Balaban J connectivity index is 2.34. The van der Waals surface area contributed by atoms with E-state index in [1.54, 1.807) is 11.8 Å². The molecule has 0 saturated heterocycles. The largest absolute Gasteiger partial charge is 0.241 e. The molecule has 0 aliphatic heterocycles. The van der Waals surface area contributed by atoms with E-state index in [0.29, 0.717) is 0 Å². The molecular weight excluding hydrogens is 214 g/mol. The highest BCUT2D eigenvalue weighted by Crippen LogP contribution is 2.17. The number of rotatable bonds is 2. The lowest BCUT2D eigenvalue weighted by Crippen LogP contribution is -1.92. The van der Waals surface area contributed by atoms with E-state index >= 15 is 0 Å². The fourth-order valence-electron chi connectivity index (χ4n) is 1.43. The van der Waals surface area contributed by atoms with Gasteiger partial charge >= 0.3 is 0 Å². The summed E-state index contributed by atoms with van der Waals surface area (Å²) < 4.78 is 0. The molecule has 0 spiro atoms. The molecule has 2 rings (SSSR count). The summed E-state index contributed by atoms with van der Waals surface area (Å²) in [5.74, 6) is 0. The van der Waals surface area contributed by atoms with Crippen LogP contribution < -0.4 is 0 Å². The minimum atomic E-state index is 0.996. The van der Waals surface area contributed by atoms with E-state index in [1.165, 1.54) is 5.56 Å². The van der Waals surface area contributed by atoms with Gasteiger partial charge < -0.3 is 0 Å². The minimum absolute atomic E-state index is 0.996. The zero-order valence-electron chi connectivity index (χ0n) is 9.13. The van der Waals surface area contributed by atoms with Crippen LogP contribution in [0.1, 0.15) is 5.56 Å². The Morgan fingerprint density at radius 3 is 2.00 bits per heavy atom. The van der Waals surface area contributed by atoms with E-state index < -0.39 is 0 Å². The van der Waals surface area contributed by atoms with Gasteiger partial charge in [-0.15, -0.1) is 11.8 Å². The first-order valence-electron chi connectivity index (χ1n) is 5.13. The Morgan fingerprint density at radius 2 is 1.44 bits per heavy atom. The van der Waals surface area contributed by atoms with Gasteiger partial charge in [-0.25, -0.2) is 4.99 Å². The van der Waals surface area contributed by atoms with Gasteiger partial charge in [0.2, 0.25) is 0 Å². The lowest BCUT2D eigenvalue weighted by Gasteiger charge is -2.03. The Morgan fingerprint density at radius 1 is 0.875 bits per heavy atom. The molecule has 0 N–H and O–H groups in total. The first-order valence-corrected chi connectivity index (χ1v) is 6.36. The zero-order chi connectivity index (χ0) is 11.2. The third-order valence-corrected chi connectivity index (χ3v) is 2.91. The second kappa shape index (κ2) is 5.52. The molecule has 16 heavy (non-hydrogen) atoms. The van der Waals surface area contributed by atoms with Crippen molar-refractivity contribution in [1.29, 1.82) is 0 Å². The van der Waals surface area contributed by atoms with Crippen LogP contribution in [-0.2, 0) is 0 Å². The van der Waals surface area contributed by atoms with Crippen molar-refractivity contribution in [3.8, 4) is 0 Å². The Kier molecular flexibility index (Phi) is 3.78. The molecule has 2 heteroatoms. The van der Waals surface area contributed by atoms with Crippen LogP contribution in [0, 0.1) is 0 Å². The molecule has 2 aromatic carbocycles.